The predicted molar refractivity (Wildman–Crippen MR) is 174 cm³/mol. The zero-order valence-electron chi connectivity index (χ0n) is 25.0. The molecule has 1 amide bonds. The monoisotopic (exact) mass is 613 g/mol. The normalized spacial score (nSPS) is 14.1. The average molecular weight is 614 g/mol. The number of thiazole rings is 1. The molecule has 1 fully saturated rings. The highest BCUT2D eigenvalue weighted by Crippen LogP contribution is 2.36. The molecule has 0 spiro atoms. The lowest BCUT2D eigenvalue weighted by atomic mass is 10.2. The number of nitrogens with one attached hydrogen (secondary N) is 2. The number of ether oxygens (including phenoxy) is 3. The van der Waals surface area contributed by atoms with Crippen LogP contribution in [0.3, 0.4) is 0 Å². The highest BCUT2D eigenvalue weighted by atomic mass is 32.1. The first-order valence-corrected chi connectivity index (χ1v) is 15.3. The highest BCUT2D eigenvalue weighted by Gasteiger charge is 2.16. The van der Waals surface area contributed by atoms with Crippen LogP contribution >= 0.6 is 11.3 Å². The smallest absolute Gasteiger partial charge is 0.255 e. The van der Waals surface area contributed by atoms with Crippen LogP contribution in [0.1, 0.15) is 16.8 Å². The summed E-state index contributed by atoms with van der Waals surface area (Å²) in [4.78, 5) is 31.3. The summed E-state index contributed by atoms with van der Waals surface area (Å²) < 4.78 is 17.9. The zero-order chi connectivity index (χ0) is 30.5. The van der Waals surface area contributed by atoms with Gasteiger partial charge in [0, 0.05) is 55.4 Å². The first-order valence-electron chi connectivity index (χ1n) is 14.5. The lowest BCUT2D eigenvalue weighted by molar-refractivity contribution is 0.102. The minimum absolute atomic E-state index is 0.199. The standard InChI is InChI=1S/C32H35N7O4S/c1-38-12-14-39(15-13-38)11-4-16-43-28-19-26-24(18-27(28)42-3)30(34-20-33-26)37-32-36-25-10-7-22(17-29(25)44-32)35-31(40)21-5-8-23(41-2)9-6-21/h5-10,17-20H,4,11-16H2,1-3H3,(H,35,40)(H,33,34,36,37). The number of amides is 1. The molecule has 12 heteroatoms. The van der Waals surface area contributed by atoms with Gasteiger partial charge in [0.1, 0.15) is 17.9 Å². The summed E-state index contributed by atoms with van der Waals surface area (Å²) in [5.74, 6) is 2.39. The van der Waals surface area contributed by atoms with E-state index in [1.54, 1.807) is 38.5 Å². The number of rotatable bonds is 11. The van der Waals surface area contributed by atoms with Crippen LogP contribution < -0.4 is 24.8 Å². The largest absolute Gasteiger partial charge is 0.497 e. The van der Waals surface area contributed by atoms with Crippen LogP contribution in [0.25, 0.3) is 21.1 Å². The fourth-order valence-corrected chi connectivity index (χ4v) is 5.98. The Morgan fingerprint density at radius 3 is 2.52 bits per heavy atom. The van der Waals surface area contributed by atoms with Gasteiger partial charge in [-0.05, 0) is 62.0 Å². The van der Waals surface area contributed by atoms with Crippen LogP contribution in [-0.4, -0.2) is 91.3 Å². The predicted octanol–water partition coefficient (Wildman–Crippen LogP) is 5.27. The number of likely N-dealkylation sites (N-methyl/N-ethyl adjacent to an activating group) is 1. The van der Waals surface area contributed by atoms with Crippen molar-refractivity contribution in [1.29, 1.82) is 0 Å². The molecule has 228 valence electrons. The van der Waals surface area contributed by atoms with Crippen molar-refractivity contribution in [3.63, 3.8) is 0 Å². The minimum Gasteiger partial charge on any atom is -0.497 e. The molecule has 3 aromatic carbocycles. The van der Waals surface area contributed by atoms with Crippen LogP contribution in [-0.2, 0) is 0 Å². The van der Waals surface area contributed by atoms with E-state index in [9.17, 15) is 4.79 Å². The molecule has 2 N–H and O–H groups in total. The first kappa shape index (κ1) is 29.5. The number of methoxy groups -OCH3 is 2. The molecule has 0 aliphatic carbocycles. The summed E-state index contributed by atoms with van der Waals surface area (Å²) in [5, 5.41) is 7.76. The van der Waals surface area contributed by atoms with Crippen molar-refractivity contribution in [2.45, 2.75) is 6.42 Å². The maximum absolute atomic E-state index is 12.7. The molecule has 1 aliphatic heterocycles. The molecule has 44 heavy (non-hydrogen) atoms. The summed E-state index contributed by atoms with van der Waals surface area (Å²) >= 11 is 1.47. The van der Waals surface area contributed by atoms with Crippen molar-refractivity contribution in [2.24, 2.45) is 0 Å². The number of anilines is 3. The summed E-state index contributed by atoms with van der Waals surface area (Å²) in [6.07, 6.45) is 2.46. The van der Waals surface area contributed by atoms with Gasteiger partial charge in [0.2, 0.25) is 0 Å². The van der Waals surface area contributed by atoms with E-state index >= 15 is 0 Å². The SMILES string of the molecule is COc1ccc(C(=O)Nc2ccc3nc(Nc4ncnc5cc(OCCCN6CCN(C)CC6)c(OC)cc45)sc3c2)cc1. The second-order valence-electron chi connectivity index (χ2n) is 10.6. The Balaban J connectivity index is 1.13. The van der Waals surface area contributed by atoms with Gasteiger partial charge < -0.3 is 34.6 Å². The quantitative estimate of drug-likeness (QED) is 0.191. The van der Waals surface area contributed by atoms with Crippen molar-refractivity contribution < 1.29 is 19.0 Å². The third-order valence-electron chi connectivity index (χ3n) is 7.62. The zero-order valence-corrected chi connectivity index (χ0v) is 25.8. The van der Waals surface area contributed by atoms with Gasteiger partial charge in [-0.3, -0.25) is 4.79 Å². The Bertz CT molecular complexity index is 1750. The Kier molecular flexibility index (Phi) is 9.01. The molecule has 6 rings (SSSR count). The molecule has 0 bridgehead atoms. The Morgan fingerprint density at radius 2 is 1.75 bits per heavy atom. The molecular formula is C32H35N7O4S. The minimum atomic E-state index is -0.199. The Hall–Kier alpha value is -4.52. The number of hydrogen-bond acceptors (Lipinski definition) is 11. The number of piperazine rings is 1. The van der Waals surface area contributed by atoms with Gasteiger partial charge in [-0.1, -0.05) is 11.3 Å². The number of hydrogen-bond donors (Lipinski definition) is 2. The van der Waals surface area contributed by atoms with E-state index in [2.05, 4.69) is 37.4 Å². The van der Waals surface area contributed by atoms with E-state index in [1.807, 2.05) is 30.3 Å². The molecule has 1 saturated heterocycles. The molecule has 0 unspecified atom stereocenters. The molecule has 2 aromatic heterocycles. The van der Waals surface area contributed by atoms with Gasteiger partial charge in [-0.2, -0.15) is 0 Å². The van der Waals surface area contributed by atoms with Gasteiger partial charge >= 0.3 is 0 Å². The van der Waals surface area contributed by atoms with E-state index in [4.69, 9.17) is 19.2 Å². The van der Waals surface area contributed by atoms with E-state index in [0.717, 1.165) is 60.3 Å². The van der Waals surface area contributed by atoms with Gasteiger partial charge in [0.05, 0.1) is 36.6 Å². The van der Waals surface area contributed by atoms with Crippen molar-refractivity contribution in [1.82, 2.24) is 24.8 Å². The number of aromatic nitrogens is 3. The molecule has 0 saturated carbocycles. The molecule has 0 atom stereocenters. The van der Waals surface area contributed by atoms with Gasteiger partial charge in [-0.15, -0.1) is 0 Å². The molecule has 5 aromatic rings. The van der Waals surface area contributed by atoms with Gasteiger partial charge in [0.25, 0.3) is 5.91 Å². The fourth-order valence-electron chi connectivity index (χ4n) is 5.08. The topological polar surface area (TPSA) is 114 Å². The number of carbonyl (C=O) groups excluding carboxylic acids is 1. The third-order valence-corrected chi connectivity index (χ3v) is 8.55. The molecular weight excluding hydrogens is 578 g/mol. The molecule has 0 radical (unpaired) electrons. The van der Waals surface area contributed by atoms with Crippen LogP contribution in [0.4, 0.5) is 16.6 Å². The number of fused-ring (bicyclic) bond motifs is 2. The second kappa shape index (κ2) is 13.4. The van der Waals surface area contributed by atoms with Crippen LogP contribution in [0.2, 0.25) is 0 Å². The average Bonchev–Trinajstić information content (AvgIpc) is 3.45. The Morgan fingerprint density at radius 1 is 0.932 bits per heavy atom. The molecule has 3 heterocycles. The van der Waals surface area contributed by atoms with E-state index in [-0.39, 0.29) is 5.91 Å². The summed E-state index contributed by atoms with van der Waals surface area (Å²) in [6.45, 7) is 6.02. The van der Waals surface area contributed by atoms with Crippen molar-refractivity contribution in [3.8, 4) is 17.2 Å². The van der Waals surface area contributed by atoms with Crippen molar-refractivity contribution in [3.05, 3.63) is 66.5 Å². The maximum atomic E-state index is 12.7. The molecule has 11 nitrogen and oxygen atoms in total. The van der Waals surface area contributed by atoms with E-state index < -0.39 is 0 Å². The van der Waals surface area contributed by atoms with E-state index in [0.29, 0.717) is 46.1 Å². The molecule has 1 aliphatic rings. The van der Waals surface area contributed by atoms with Crippen LogP contribution in [0.5, 0.6) is 17.2 Å². The third kappa shape index (κ3) is 6.83. The second-order valence-corrected chi connectivity index (χ2v) is 11.6. The van der Waals surface area contributed by atoms with Crippen LogP contribution in [0.15, 0.2) is 60.9 Å². The fraction of sp³-hybridized carbons (Fsp3) is 0.312. The number of carbonyl (C=O) groups is 1. The summed E-state index contributed by atoms with van der Waals surface area (Å²) in [5.41, 5.74) is 2.77. The van der Waals surface area contributed by atoms with E-state index in [1.165, 1.54) is 17.7 Å². The summed E-state index contributed by atoms with van der Waals surface area (Å²) in [7, 11) is 5.39. The van der Waals surface area contributed by atoms with Crippen LogP contribution in [0, 0.1) is 0 Å². The number of nitrogens with zero attached hydrogens (tertiary/aromatic N) is 5. The lowest BCUT2D eigenvalue weighted by Gasteiger charge is -2.32. The number of benzene rings is 3. The summed E-state index contributed by atoms with van der Waals surface area (Å²) in [6, 6.07) is 16.4. The van der Waals surface area contributed by atoms with Gasteiger partial charge in [0.15, 0.2) is 16.6 Å². The lowest BCUT2D eigenvalue weighted by Crippen LogP contribution is -2.44. The van der Waals surface area contributed by atoms with Crippen molar-refractivity contribution in [2.75, 3.05) is 71.2 Å². The first-order chi connectivity index (χ1) is 21.5. The Labute approximate surface area is 259 Å². The van der Waals surface area contributed by atoms with Gasteiger partial charge in [-0.25, -0.2) is 15.0 Å². The highest BCUT2D eigenvalue weighted by molar-refractivity contribution is 7.22. The van der Waals surface area contributed by atoms with Crippen molar-refractivity contribution >= 4 is 55.0 Å². The maximum Gasteiger partial charge on any atom is 0.255 e.